The summed E-state index contributed by atoms with van der Waals surface area (Å²) in [6.07, 6.45) is 6.07. The molecule has 0 aliphatic rings. The number of nitrogens with zero attached hydrogens (tertiary/aromatic N) is 3. The number of benzene rings is 1. The van der Waals surface area contributed by atoms with E-state index in [1.807, 2.05) is 31.2 Å². The highest BCUT2D eigenvalue weighted by Gasteiger charge is 2.11. The van der Waals surface area contributed by atoms with Gasteiger partial charge < -0.3 is 14.8 Å². The fraction of sp³-hybridized carbons (Fsp3) is 0.600. The molecule has 0 fully saturated rings. The number of carbonyl (C=O) groups is 1. The number of hydrogen-bond donors (Lipinski definition) is 1. The second-order valence-corrected chi connectivity index (χ2v) is 8.42. The quantitative estimate of drug-likeness (QED) is 0.312. The van der Waals surface area contributed by atoms with Gasteiger partial charge in [-0.15, -0.1) is 5.10 Å². The molecule has 0 bridgehead atoms. The number of rotatable bonds is 15. The molecule has 2 aromatic rings. The number of unbranched alkanes of at least 4 members (excludes halogenated alkanes) is 4. The second-order valence-electron chi connectivity index (χ2n) is 8.42. The topological polar surface area (TPSA) is 104 Å². The van der Waals surface area contributed by atoms with E-state index >= 15 is 0 Å². The van der Waals surface area contributed by atoms with E-state index in [9.17, 15) is 14.4 Å². The lowest BCUT2D eigenvalue weighted by atomic mass is 10.1. The number of hydrogen-bond acceptors (Lipinski definition) is 7. The normalized spacial score (nSPS) is 11.8. The molecule has 0 spiro atoms. The van der Waals surface area contributed by atoms with Crippen molar-refractivity contribution in [3.05, 3.63) is 50.7 Å². The lowest BCUT2D eigenvalue weighted by Crippen LogP contribution is -2.41. The van der Waals surface area contributed by atoms with E-state index in [2.05, 4.69) is 17.3 Å². The van der Waals surface area contributed by atoms with Crippen LogP contribution in [0.25, 0.3) is 0 Å². The van der Waals surface area contributed by atoms with Gasteiger partial charge in [-0.3, -0.25) is 14.2 Å². The van der Waals surface area contributed by atoms with Crippen molar-refractivity contribution < 1.29 is 14.3 Å². The average molecular weight is 475 g/mol. The largest absolute Gasteiger partial charge is 0.487 e. The Morgan fingerprint density at radius 3 is 2.65 bits per heavy atom. The molecule has 9 nitrogen and oxygen atoms in total. The van der Waals surface area contributed by atoms with Crippen LogP contribution in [0.4, 0.5) is 5.82 Å². The Labute approximate surface area is 201 Å². The Kier molecular flexibility index (Phi) is 11.4. The van der Waals surface area contributed by atoms with E-state index in [0.29, 0.717) is 31.7 Å². The minimum absolute atomic E-state index is 0.175. The van der Waals surface area contributed by atoms with E-state index < -0.39 is 11.2 Å². The number of ether oxygens (including phenoxy) is 2. The predicted octanol–water partition coefficient (Wildman–Crippen LogP) is 3.29. The van der Waals surface area contributed by atoms with Gasteiger partial charge in [0.25, 0.3) is 5.56 Å². The zero-order valence-electron chi connectivity index (χ0n) is 20.8. The highest BCUT2D eigenvalue weighted by Crippen LogP contribution is 2.16. The molecule has 188 valence electrons. The van der Waals surface area contributed by atoms with Crippen LogP contribution >= 0.6 is 0 Å². The Morgan fingerprint density at radius 2 is 1.91 bits per heavy atom. The van der Waals surface area contributed by atoms with Crippen LogP contribution in [-0.4, -0.2) is 39.6 Å². The number of esters is 1. The predicted molar refractivity (Wildman–Crippen MR) is 132 cm³/mol. The molecule has 0 aliphatic carbocycles. The van der Waals surface area contributed by atoms with Crippen LogP contribution in [0.5, 0.6) is 5.75 Å². The van der Waals surface area contributed by atoms with Gasteiger partial charge in [0.2, 0.25) is 5.82 Å². The van der Waals surface area contributed by atoms with Crippen LogP contribution in [0.15, 0.2) is 33.9 Å². The summed E-state index contributed by atoms with van der Waals surface area (Å²) in [4.78, 5) is 36.2. The standard InChI is InChI=1S/C25H38N4O5/c1-5-7-8-9-10-16-29-25(32)28(4)24(31)23(27-29)26-15-14-20-12-11-13-21(17-20)34-19(3)18-33-22(30)6-2/h11-13,17,19H,5-10,14-16,18H2,1-4H3,(H,26,27). The zero-order chi connectivity index (χ0) is 24.9. The van der Waals surface area contributed by atoms with Crippen LogP contribution < -0.4 is 21.3 Å². The van der Waals surface area contributed by atoms with Crippen LogP contribution in [-0.2, 0) is 29.5 Å². The summed E-state index contributed by atoms with van der Waals surface area (Å²) < 4.78 is 13.4. The lowest BCUT2D eigenvalue weighted by molar-refractivity contribution is -0.145. The Hall–Kier alpha value is -3.10. The maximum Gasteiger partial charge on any atom is 0.347 e. The number of aryl methyl sites for hydroxylation is 1. The van der Waals surface area contributed by atoms with Gasteiger partial charge in [0.15, 0.2) is 0 Å². The minimum Gasteiger partial charge on any atom is -0.487 e. The molecule has 1 heterocycles. The first-order chi connectivity index (χ1) is 16.3. The number of carbonyl (C=O) groups excluding carboxylic acids is 1. The van der Waals surface area contributed by atoms with Crippen molar-refractivity contribution in [3.8, 4) is 5.75 Å². The molecule has 0 saturated carbocycles. The third-order valence-electron chi connectivity index (χ3n) is 5.42. The summed E-state index contributed by atoms with van der Waals surface area (Å²) in [5.74, 6) is 0.607. The van der Waals surface area contributed by atoms with Gasteiger partial charge in [-0.1, -0.05) is 51.7 Å². The molecular weight excluding hydrogens is 436 g/mol. The van der Waals surface area contributed by atoms with E-state index in [1.54, 1.807) is 6.92 Å². The van der Waals surface area contributed by atoms with Crippen LogP contribution in [0.2, 0.25) is 0 Å². The Balaban J connectivity index is 1.93. The third kappa shape index (κ3) is 8.68. The molecule has 34 heavy (non-hydrogen) atoms. The van der Waals surface area contributed by atoms with Gasteiger partial charge in [-0.25, -0.2) is 9.48 Å². The maximum absolute atomic E-state index is 12.5. The molecule has 9 heteroatoms. The molecule has 1 atom stereocenters. The van der Waals surface area contributed by atoms with Crippen molar-refractivity contribution in [3.63, 3.8) is 0 Å². The molecule has 2 rings (SSSR count). The molecule has 0 saturated heterocycles. The van der Waals surface area contributed by atoms with Gasteiger partial charge in [0.1, 0.15) is 18.5 Å². The van der Waals surface area contributed by atoms with Gasteiger partial charge in [0, 0.05) is 26.6 Å². The van der Waals surface area contributed by atoms with Crippen molar-refractivity contribution >= 4 is 11.8 Å². The number of nitrogens with one attached hydrogen (secondary N) is 1. The minimum atomic E-state index is -0.431. The molecular formula is C25H38N4O5. The van der Waals surface area contributed by atoms with Crippen LogP contribution in [0.3, 0.4) is 0 Å². The van der Waals surface area contributed by atoms with Gasteiger partial charge in [0.05, 0.1) is 0 Å². The van der Waals surface area contributed by atoms with Crippen LogP contribution in [0.1, 0.15) is 64.9 Å². The monoisotopic (exact) mass is 474 g/mol. The third-order valence-corrected chi connectivity index (χ3v) is 5.42. The second kappa shape index (κ2) is 14.2. The molecule has 0 amide bonds. The number of anilines is 1. The smallest absolute Gasteiger partial charge is 0.347 e. The van der Waals surface area contributed by atoms with E-state index in [4.69, 9.17) is 9.47 Å². The molecule has 1 N–H and O–H groups in total. The maximum atomic E-state index is 12.5. The summed E-state index contributed by atoms with van der Waals surface area (Å²) in [6, 6.07) is 7.63. The first-order valence-electron chi connectivity index (χ1n) is 12.2. The van der Waals surface area contributed by atoms with E-state index in [-0.39, 0.29) is 24.5 Å². The first-order valence-corrected chi connectivity index (χ1v) is 12.2. The molecule has 1 unspecified atom stereocenters. The Bertz CT molecular complexity index is 1030. The van der Waals surface area contributed by atoms with Gasteiger partial charge in [-0.2, -0.15) is 0 Å². The summed E-state index contributed by atoms with van der Waals surface area (Å²) in [7, 11) is 1.48. The highest BCUT2D eigenvalue weighted by molar-refractivity contribution is 5.68. The van der Waals surface area contributed by atoms with Crippen molar-refractivity contribution in [2.75, 3.05) is 18.5 Å². The van der Waals surface area contributed by atoms with Crippen molar-refractivity contribution in [2.24, 2.45) is 7.05 Å². The lowest BCUT2D eigenvalue weighted by Gasteiger charge is -2.15. The Morgan fingerprint density at radius 1 is 1.15 bits per heavy atom. The van der Waals surface area contributed by atoms with E-state index in [0.717, 1.165) is 35.8 Å². The fourth-order valence-electron chi connectivity index (χ4n) is 3.43. The first kappa shape index (κ1) is 27.1. The summed E-state index contributed by atoms with van der Waals surface area (Å²) in [5, 5.41) is 7.35. The number of aromatic nitrogens is 3. The van der Waals surface area contributed by atoms with Crippen molar-refractivity contribution in [1.82, 2.24) is 14.3 Å². The van der Waals surface area contributed by atoms with Gasteiger partial charge >= 0.3 is 11.7 Å². The van der Waals surface area contributed by atoms with Crippen molar-refractivity contribution in [1.29, 1.82) is 0 Å². The zero-order valence-corrected chi connectivity index (χ0v) is 20.8. The summed E-state index contributed by atoms with van der Waals surface area (Å²) in [6.45, 7) is 6.92. The van der Waals surface area contributed by atoms with Gasteiger partial charge in [-0.05, 0) is 37.5 Å². The van der Waals surface area contributed by atoms with Crippen molar-refractivity contribution in [2.45, 2.75) is 78.4 Å². The molecule has 0 radical (unpaired) electrons. The molecule has 1 aromatic heterocycles. The average Bonchev–Trinajstić information content (AvgIpc) is 2.83. The molecule has 1 aromatic carbocycles. The highest BCUT2D eigenvalue weighted by atomic mass is 16.6. The summed E-state index contributed by atoms with van der Waals surface area (Å²) in [5.41, 5.74) is 0.193. The van der Waals surface area contributed by atoms with Crippen LogP contribution in [0, 0.1) is 0 Å². The molecule has 0 aliphatic heterocycles. The van der Waals surface area contributed by atoms with E-state index in [1.165, 1.54) is 18.2 Å². The summed E-state index contributed by atoms with van der Waals surface area (Å²) >= 11 is 0. The fourth-order valence-corrected chi connectivity index (χ4v) is 3.43. The SMILES string of the molecule is CCCCCCCn1nc(NCCc2cccc(OC(C)COC(=O)CC)c2)c(=O)n(C)c1=O.